The summed E-state index contributed by atoms with van der Waals surface area (Å²) in [5.74, 6) is 0. The number of aromatic amines is 1. The summed E-state index contributed by atoms with van der Waals surface area (Å²) in [5.41, 5.74) is 0.523. The first-order valence-corrected chi connectivity index (χ1v) is 4.87. The van der Waals surface area contributed by atoms with Gasteiger partial charge in [0, 0.05) is 18.0 Å². The van der Waals surface area contributed by atoms with Crippen molar-refractivity contribution in [2.24, 2.45) is 0 Å². The van der Waals surface area contributed by atoms with Crippen LogP contribution >= 0.6 is 0 Å². The van der Waals surface area contributed by atoms with Crippen molar-refractivity contribution in [1.29, 1.82) is 0 Å². The predicted octanol–water partition coefficient (Wildman–Crippen LogP) is 0.288. The Morgan fingerprint density at radius 3 is 2.88 bits per heavy atom. The first kappa shape index (κ1) is 10.4. The molecule has 0 spiro atoms. The van der Waals surface area contributed by atoms with Gasteiger partial charge >= 0.3 is 5.69 Å². The third-order valence-corrected chi connectivity index (χ3v) is 2.25. The molecule has 5 nitrogen and oxygen atoms in total. The van der Waals surface area contributed by atoms with Gasteiger partial charge in [0.2, 0.25) is 0 Å². The lowest BCUT2D eigenvalue weighted by molar-refractivity contribution is 0.699. The molecule has 0 amide bonds. The van der Waals surface area contributed by atoms with Gasteiger partial charge in [-0.25, -0.2) is 4.79 Å². The molecule has 2 aromatic heterocycles. The topological polar surface area (TPSA) is 67.8 Å². The van der Waals surface area contributed by atoms with Crippen molar-refractivity contribution < 1.29 is 0 Å². The van der Waals surface area contributed by atoms with Crippen LogP contribution in [-0.4, -0.2) is 14.5 Å². The van der Waals surface area contributed by atoms with Crippen LogP contribution in [0, 0.1) is 6.92 Å². The van der Waals surface area contributed by atoms with E-state index >= 15 is 0 Å². The van der Waals surface area contributed by atoms with Gasteiger partial charge in [0.15, 0.2) is 0 Å². The number of nitrogens with one attached hydrogen (secondary N) is 1. The average molecular weight is 217 g/mol. The fraction of sp³-hybridized carbons (Fsp3) is 0.182. The molecule has 5 heteroatoms. The second-order valence-electron chi connectivity index (χ2n) is 3.52. The van der Waals surface area contributed by atoms with Gasteiger partial charge in [0.1, 0.15) is 0 Å². The highest BCUT2D eigenvalue weighted by molar-refractivity contribution is 5.06. The smallest absolute Gasteiger partial charge is 0.294 e. The Balaban J connectivity index is 2.40. The predicted molar refractivity (Wildman–Crippen MR) is 59.4 cm³/mol. The number of nitrogens with zero attached hydrogens (tertiary/aromatic N) is 2. The Kier molecular flexibility index (Phi) is 2.68. The summed E-state index contributed by atoms with van der Waals surface area (Å²) in [6.07, 6.45) is 3.20. The average Bonchev–Trinajstić information content (AvgIpc) is 2.27. The molecule has 0 aromatic carbocycles. The van der Waals surface area contributed by atoms with E-state index in [4.69, 9.17) is 0 Å². The van der Waals surface area contributed by atoms with Crippen LogP contribution in [0.15, 0.2) is 40.2 Å². The van der Waals surface area contributed by atoms with Gasteiger partial charge in [0.25, 0.3) is 5.56 Å². The standard InChI is InChI=1S/C11H11N3O2/c1-8-6-14(11(16)13-10(8)15)7-9-4-2-3-5-12-9/h2-6H,7H2,1H3,(H,13,15,16). The maximum absolute atomic E-state index is 11.5. The Bertz CT molecular complexity index is 599. The number of aromatic nitrogens is 3. The number of H-pyrrole nitrogens is 1. The molecule has 0 atom stereocenters. The molecule has 2 rings (SSSR count). The number of aryl methyl sites for hydroxylation is 1. The van der Waals surface area contributed by atoms with E-state index in [1.807, 2.05) is 18.2 Å². The van der Waals surface area contributed by atoms with Gasteiger partial charge in [-0.05, 0) is 19.1 Å². The van der Waals surface area contributed by atoms with Crippen LogP contribution in [0.1, 0.15) is 11.3 Å². The summed E-state index contributed by atoms with van der Waals surface area (Å²) >= 11 is 0. The number of rotatable bonds is 2. The van der Waals surface area contributed by atoms with Gasteiger partial charge in [0.05, 0.1) is 12.2 Å². The van der Waals surface area contributed by atoms with Crippen molar-refractivity contribution in [1.82, 2.24) is 14.5 Å². The lowest BCUT2D eigenvalue weighted by atomic mass is 10.3. The minimum atomic E-state index is -0.416. The van der Waals surface area contributed by atoms with Crippen molar-refractivity contribution in [3.8, 4) is 0 Å². The lowest BCUT2D eigenvalue weighted by Crippen LogP contribution is -2.31. The van der Waals surface area contributed by atoms with E-state index in [2.05, 4.69) is 9.97 Å². The largest absolute Gasteiger partial charge is 0.328 e. The molecule has 82 valence electrons. The summed E-state index contributed by atoms with van der Waals surface area (Å²) in [5, 5.41) is 0. The molecule has 1 N–H and O–H groups in total. The van der Waals surface area contributed by atoms with Crippen molar-refractivity contribution in [3.05, 3.63) is 62.7 Å². The van der Waals surface area contributed by atoms with Crippen LogP contribution in [0.5, 0.6) is 0 Å². The molecule has 0 radical (unpaired) electrons. The molecule has 0 unspecified atom stereocenters. The quantitative estimate of drug-likeness (QED) is 0.786. The van der Waals surface area contributed by atoms with E-state index in [0.717, 1.165) is 5.69 Å². The van der Waals surface area contributed by atoms with E-state index in [0.29, 0.717) is 12.1 Å². The highest BCUT2D eigenvalue weighted by Crippen LogP contribution is 1.95. The Hall–Kier alpha value is -2.17. The normalized spacial score (nSPS) is 10.3. The molecule has 0 bridgehead atoms. The third-order valence-electron chi connectivity index (χ3n) is 2.25. The van der Waals surface area contributed by atoms with E-state index < -0.39 is 5.69 Å². The molecule has 0 aliphatic heterocycles. The summed E-state index contributed by atoms with van der Waals surface area (Å²) in [4.78, 5) is 29.0. The summed E-state index contributed by atoms with van der Waals surface area (Å²) < 4.78 is 1.43. The van der Waals surface area contributed by atoms with Gasteiger partial charge in [-0.2, -0.15) is 0 Å². The monoisotopic (exact) mass is 217 g/mol. The lowest BCUT2D eigenvalue weighted by Gasteiger charge is -2.04. The maximum Gasteiger partial charge on any atom is 0.328 e. The van der Waals surface area contributed by atoms with Gasteiger partial charge in [-0.3, -0.25) is 19.3 Å². The first-order chi connectivity index (χ1) is 7.66. The molecule has 0 aliphatic rings. The van der Waals surface area contributed by atoms with Crippen LogP contribution in [0.4, 0.5) is 0 Å². The van der Waals surface area contributed by atoms with Gasteiger partial charge < -0.3 is 0 Å². The zero-order valence-corrected chi connectivity index (χ0v) is 8.80. The highest BCUT2D eigenvalue weighted by atomic mass is 16.2. The molecular weight excluding hydrogens is 206 g/mol. The summed E-state index contributed by atoms with van der Waals surface area (Å²) in [7, 11) is 0. The van der Waals surface area contributed by atoms with Crippen LogP contribution < -0.4 is 11.2 Å². The van der Waals surface area contributed by atoms with E-state index in [9.17, 15) is 9.59 Å². The minimum absolute atomic E-state index is 0.345. The van der Waals surface area contributed by atoms with Crippen LogP contribution in [0.2, 0.25) is 0 Å². The maximum atomic E-state index is 11.5. The molecule has 0 aliphatic carbocycles. The van der Waals surface area contributed by atoms with Crippen molar-refractivity contribution in [3.63, 3.8) is 0 Å². The second kappa shape index (κ2) is 4.14. The van der Waals surface area contributed by atoms with Crippen LogP contribution in [0.3, 0.4) is 0 Å². The molecule has 0 saturated carbocycles. The van der Waals surface area contributed by atoms with E-state index in [1.165, 1.54) is 10.8 Å². The van der Waals surface area contributed by atoms with E-state index in [1.54, 1.807) is 13.1 Å². The second-order valence-corrected chi connectivity index (χ2v) is 3.52. The zero-order valence-electron chi connectivity index (χ0n) is 8.80. The first-order valence-electron chi connectivity index (χ1n) is 4.87. The molecule has 0 saturated heterocycles. The highest BCUT2D eigenvalue weighted by Gasteiger charge is 2.01. The van der Waals surface area contributed by atoms with Gasteiger partial charge in [-0.1, -0.05) is 6.07 Å². The molecule has 2 heterocycles. The molecule has 2 aromatic rings. The SMILES string of the molecule is Cc1cn(Cc2ccccn2)c(=O)[nH]c1=O. The molecule has 0 fully saturated rings. The Labute approximate surface area is 91.4 Å². The number of hydrogen-bond acceptors (Lipinski definition) is 3. The fourth-order valence-electron chi connectivity index (χ4n) is 1.40. The zero-order chi connectivity index (χ0) is 11.5. The summed E-state index contributed by atoms with van der Waals surface area (Å²) in [6.45, 7) is 2.02. The van der Waals surface area contributed by atoms with Crippen molar-refractivity contribution in [2.45, 2.75) is 13.5 Å². The Morgan fingerprint density at radius 2 is 2.19 bits per heavy atom. The van der Waals surface area contributed by atoms with Crippen LogP contribution in [0.25, 0.3) is 0 Å². The van der Waals surface area contributed by atoms with Crippen molar-refractivity contribution >= 4 is 0 Å². The summed E-state index contributed by atoms with van der Waals surface area (Å²) in [6, 6.07) is 5.49. The van der Waals surface area contributed by atoms with Crippen LogP contribution in [-0.2, 0) is 6.54 Å². The van der Waals surface area contributed by atoms with Crippen molar-refractivity contribution in [2.75, 3.05) is 0 Å². The minimum Gasteiger partial charge on any atom is -0.294 e. The number of pyridine rings is 1. The molecular formula is C11H11N3O2. The molecule has 16 heavy (non-hydrogen) atoms. The third kappa shape index (κ3) is 2.08. The number of hydrogen-bond donors (Lipinski definition) is 1. The fourth-order valence-corrected chi connectivity index (χ4v) is 1.40. The van der Waals surface area contributed by atoms with E-state index in [-0.39, 0.29) is 5.56 Å². The van der Waals surface area contributed by atoms with Gasteiger partial charge in [-0.15, -0.1) is 0 Å². The Morgan fingerprint density at radius 1 is 1.38 bits per heavy atom.